The fraction of sp³-hybridized carbons (Fsp3) is 0.278. The monoisotopic (exact) mass is 383 g/mol. The molecule has 2 aromatic heterocycles. The van der Waals surface area contributed by atoms with Crippen LogP contribution in [-0.2, 0) is 16.3 Å². The van der Waals surface area contributed by atoms with Gasteiger partial charge in [-0.25, -0.2) is 4.98 Å². The highest BCUT2D eigenvalue weighted by atomic mass is 35.5. The van der Waals surface area contributed by atoms with Crippen LogP contribution in [0, 0.1) is 11.3 Å². The molecule has 0 radical (unpaired) electrons. The van der Waals surface area contributed by atoms with Gasteiger partial charge < -0.3 is 9.15 Å². The van der Waals surface area contributed by atoms with E-state index in [4.69, 9.17) is 20.8 Å². The maximum atomic E-state index is 11.0. The first kappa shape index (κ1) is 17.2. The van der Waals surface area contributed by atoms with Gasteiger partial charge >= 0.3 is 5.97 Å². The Hall–Kier alpha value is -3.18. The van der Waals surface area contributed by atoms with Gasteiger partial charge in [-0.3, -0.25) is 4.79 Å². The maximum absolute atomic E-state index is 11.0. The molecule has 0 bridgehead atoms. The van der Waals surface area contributed by atoms with Crippen molar-refractivity contribution in [3.05, 3.63) is 40.7 Å². The van der Waals surface area contributed by atoms with Crippen LogP contribution in [-0.4, -0.2) is 25.9 Å². The lowest BCUT2D eigenvalue weighted by atomic mass is 10.2. The Labute approximate surface area is 159 Å². The summed E-state index contributed by atoms with van der Waals surface area (Å²) in [5.41, 5.74) is 1.62. The van der Waals surface area contributed by atoms with Gasteiger partial charge in [0.25, 0.3) is 0 Å². The summed E-state index contributed by atoms with van der Waals surface area (Å²) in [6, 6.07) is 9.20. The van der Waals surface area contributed by atoms with E-state index in [1.54, 1.807) is 12.1 Å². The number of nitrogens with zero attached hydrogens (tertiary/aromatic N) is 5. The Kier molecular flexibility index (Phi) is 4.38. The second-order valence-electron chi connectivity index (χ2n) is 6.16. The molecule has 8 nitrogen and oxygen atoms in total. The molecule has 0 unspecified atom stereocenters. The molecular weight excluding hydrogens is 370 g/mol. The number of rotatable bonds is 5. The van der Waals surface area contributed by atoms with E-state index < -0.39 is 5.97 Å². The molecule has 0 atom stereocenters. The fourth-order valence-corrected chi connectivity index (χ4v) is 2.85. The van der Waals surface area contributed by atoms with Crippen LogP contribution >= 0.6 is 11.6 Å². The molecule has 1 aromatic carbocycles. The number of carbonyl (C=O) groups is 1. The van der Waals surface area contributed by atoms with Gasteiger partial charge in [0, 0.05) is 23.4 Å². The molecule has 4 rings (SSSR count). The van der Waals surface area contributed by atoms with Gasteiger partial charge in [0.05, 0.1) is 0 Å². The summed E-state index contributed by atoms with van der Waals surface area (Å²) in [6.45, 7) is 1.11. The molecule has 27 heavy (non-hydrogen) atoms. The average Bonchev–Trinajstić information content (AvgIpc) is 3.26. The van der Waals surface area contributed by atoms with Gasteiger partial charge in [-0.2, -0.15) is 5.26 Å². The summed E-state index contributed by atoms with van der Waals surface area (Å²) in [5.74, 6) is 0.870. The van der Waals surface area contributed by atoms with Gasteiger partial charge in [0.1, 0.15) is 17.5 Å². The van der Waals surface area contributed by atoms with Crippen molar-refractivity contribution in [3.63, 3.8) is 0 Å². The maximum Gasteiger partial charge on any atom is 0.304 e. The molecule has 3 aromatic rings. The summed E-state index contributed by atoms with van der Waals surface area (Å²) in [5, 5.41) is 18.3. The van der Waals surface area contributed by atoms with Crippen LogP contribution in [0.5, 0.6) is 0 Å². The number of hydrogen-bond donors (Lipinski definition) is 0. The van der Waals surface area contributed by atoms with E-state index in [-0.39, 0.29) is 18.3 Å². The third kappa shape index (κ3) is 3.55. The highest BCUT2D eigenvalue weighted by molar-refractivity contribution is 6.30. The number of nitriles is 1. The molecule has 0 amide bonds. The Morgan fingerprint density at radius 1 is 1.41 bits per heavy atom. The number of hydrogen-bond acceptors (Lipinski definition) is 7. The van der Waals surface area contributed by atoms with Crippen molar-refractivity contribution in [1.82, 2.24) is 20.0 Å². The van der Waals surface area contributed by atoms with Crippen LogP contribution in [0.1, 0.15) is 37.1 Å². The lowest BCUT2D eigenvalue weighted by Gasteiger charge is -1.98. The van der Waals surface area contributed by atoms with E-state index in [0.29, 0.717) is 28.1 Å². The molecule has 1 saturated carbocycles. The minimum Gasteiger partial charge on any atom is -0.441 e. The van der Waals surface area contributed by atoms with Crippen molar-refractivity contribution in [3.8, 4) is 28.9 Å². The standard InChI is InChI=1S/C18H14ClN5O3/c1-10(25)26-9-24-22-14(8-20)15(23-24)16-17(11-5-6-11)27-18(21-16)12-3-2-4-13(19)7-12/h2-4,7,11H,5-6,9H2,1H3. The minimum atomic E-state index is -0.462. The predicted molar refractivity (Wildman–Crippen MR) is 94.4 cm³/mol. The second-order valence-corrected chi connectivity index (χ2v) is 6.60. The Balaban J connectivity index is 1.77. The molecule has 1 fully saturated rings. The summed E-state index contributed by atoms with van der Waals surface area (Å²) in [7, 11) is 0. The predicted octanol–water partition coefficient (Wildman–Crippen LogP) is 3.52. The summed E-state index contributed by atoms with van der Waals surface area (Å²) >= 11 is 6.06. The highest BCUT2D eigenvalue weighted by Crippen LogP contribution is 2.46. The molecule has 1 aliphatic carbocycles. The first-order chi connectivity index (χ1) is 13.0. The minimum absolute atomic E-state index is 0.0926. The first-order valence-corrected chi connectivity index (χ1v) is 8.68. The number of ether oxygens (including phenoxy) is 1. The number of benzene rings is 1. The van der Waals surface area contributed by atoms with Gasteiger partial charge in [-0.05, 0) is 31.0 Å². The molecule has 2 heterocycles. The van der Waals surface area contributed by atoms with Crippen LogP contribution in [0.4, 0.5) is 0 Å². The quantitative estimate of drug-likeness (QED) is 0.620. The Bertz CT molecular complexity index is 1060. The lowest BCUT2D eigenvalue weighted by Crippen LogP contribution is -2.09. The fourth-order valence-electron chi connectivity index (χ4n) is 2.66. The van der Waals surface area contributed by atoms with E-state index in [1.807, 2.05) is 18.2 Å². The first-order valence-electron chi connectivity index (χ1n) is 8.30. The zero-order valence-corrected chi connectivity index (χ0v) is 15.1. The van der Waals surface area contributed by atoms with Crippen LogP contribution in [0.15, 0.2) is 28.7 Å². The number of aromatic nitrogens is 4. The van der Waals surface area contributed by atoms with Crippen molar-refractivity contribution in [2.24, 2.45) is 0 Å². The molecule has 0 N–H and O–H groups in total. The average molecular weight is 384 g/mol. The number of carbonyl (C=O) groups excluding carboxylic acids is 1. The van der Waals surface area contributed by atoms with Crippen molar-refractivity contribution >= 4 is 17.6 Å². The van der Waals surface area contributed by atoms with Gasteiger partial charge in [0.15, 0.2) is 11.4 Å². The van der Waals surface area contributed by atoms with Crippen LogP contribution in [0.2, 0.25) is 5.02 Å². The smallest absolute Gasteiger partial charge is 0.304 e. The highest BCUT2D eigenvalue weighted by Gasteiger charge is 2.34. The van der Waals surface area contributed by atoms with E-state index in [9.17, 15) is 10.1 Å². The zero-order valence-electron chi connectivity index (χ0n) is 14.3. The molecule has 1 aliphatic rings. The Morgan fingerprint density at radius 3 is 2.89 bits per heavy atom. The van der Waals surface area contributed by atoms with Crippen molar-refractivity contribution in [2.75, 3.05) is 0 Å². The molecular formula is C18H14ClN5O3. The number of halogens is 1. The molecule has 0 spiro atoms. The summed E-state index contributed by atoms with van der Waals surface area (Å²) in [6.07, 6.45) is 1.97. The third-order valence-corrected chi connectivity index (χ3v) is 4.28. The molecule has 0 saturated heterocycles. The van der Waals surface area contributed by atoms with Gasteiger partial charge in [-0.1, -0.05) is 17.7 Å². The summed E-state index contributed by atoms with van der Waals surface area (Å²) < 4.78 is 10.9. The van der Waals surface area contributed by atoms with E-state index in [2.05, 4.69) is 15.2 Å². The van der Waals surface area contributed by atoms with Crippen LogP contribution < -0.4 is 0 Å². The topological polar surface area (TPSA) is 107 Å². The third-order valence-electron chi connectivity index (χ3n) is 4.04. The SMILES string of the molecule is CC(=O)OCn1nc(C#N)c(-c2nc(-c3cccc(Cl)c3)oc2C2CC2)n1. The molecule has 0 aliphatic heterocycles. The second kappa shape index (κ2) is 6.85. The van der Waals surface area contributed by atoms with E-state index >= 15 is 0 Å². The normalized spacial score (nSPS) is 13.4. The van der Waals surface area contributed by atoms with Crippen LogP contribution in [0.3, 0.4) is 0 Å². The molecule has 136 valence electrons. The number of esters is 1. The van der Waals surface area contributed by atoms with Crippen molar-refractivity contribution in [1.29, 1.82) is 5.26 Å². The van der Waals surface area contributed by atoms with Crippen molar-refractivity contribution in [2.45, 2.75) is 32.4 Å². The number of oxazole rings is 1. The largest absolute Gasteiger partial charge is 0.441 e. The molecule has 9 heteroatoms. The van der Waals surface area contributed by atoms with Crippen LogP contribution in [0.25, 0.3) is 22.8 Å². The Morgan fingerprint density at radius 2 is 2.22 bits per heavy atom. The van der Waals surface area contributed by atoms with Gasteiger partial charge in [0.2, 0.25) is 12.6 Å². The zero-order chi connectivity index (χ0) is 19.0. The van der Waals surface area contributed by atoms with Crippen molar-refractivity contribution < 1.29 is 13.9 Å². The van der Waals surface area contributed by atoms with Gasteiger partial charge in [-0.15, -0.1) is 15.0 Å². The lowest BCUT2D eigenvalue weighted by molar-refractivity contribution is -0.145. The summed E-state index contributed by atoms with van der Waals surface area (Å²) in [4.78, 5) is 16.7. The van der Waals surface area contributed by atoms with E-state index in [1.165, 1.54) is 6.92 Å². The van der Waals surface area contributed by atoms with E-state index in [0.717, 1.165) is 23.2 Å².